The van der Waals surface area contributed by atoms with E-state index >= 15 is 0 Å². The van der Waals surface area contributed by atoms with E-state index in [1.807, 2.05) is 61.5 Å². The molecule has 5 heteroatoms. The SMILES string of the molecule is Cc1ccc(-c2nc(Cl)c3oc(-c4ccccc4)nc3n2)cc1. The first-order valence-electron chi connectivity index (χ1n) is 7.17. The largest absolute Gasteiger partial charge is 0.431 e. The first-order valence-corrected chi connectivity index (χ1v) is 7.55. The monoisotopic (exact) mass is 321 g/mol. The van der Waals surface area contributed by atoms with Gasteiger partial charge in [-0.2, -0.15) is 4.98 Å². The molecule has 2 heterocycles. The minimum absolute atomic E-state index is 0.264. The summed E-state index contributed by atoms with van der Waals surface area (Å²) in [6.45, 7) is 2.03. The van der Waals surface area contributed by atoms with Crippen LogP contribution >= 0.6 is 11.6 Å². The molecule has 0 radical (unpaired) electrons. The Balaban J connectivity index is 1.86. The molecular formula is C18H12ClN3O. The second-order valence-corrected chi connectivity index (χ2v) is 5.60. The van der Waals surface area contributed by atoms with Crippen molar-refractivity contribution < 1.29 is 4.42 Å². The van der Waals surface area contributed by atoms with Crippen molar-refractivity contribution in [1.29, 1.82) is 0 Å². The number of aryl methyl sites for hydroxylation is 1. The second kappa shape index (κ2) is 5.48. The summed E-state index contributed by atoms with van der Waals surface area (Å²) in [6, 6.07) is 17.6. The van der Waals surface area contributed by atoms with Crippen LogP contribution in [0.15, 0.2) is 59.0 Å². The zero-order chi connectivity index (χ0) is 15.8. The molecule has 0 atom stereocenters. The van der Waals surface area contributed by atoms with Crippen LogP contribution in [0.4, 0.5) is 0 Å². The summed E-state index contributed by atoms with van der Waals surface area (Å²) >= 11 is 6.26. The Kier molecular flexibility index (Phi) is 3.32. The fourth-order valence-electron chi connectivity index (χ4n) is 2.33. The molecule has 0 aliphatic rings. The van der Waals surface area contributed by atoms with Gasteiger partial charge in [0.25, 0.3) is 0 Å². The van der Waals surface area contributed by atoms with Crippen LogP contribution in [0, 0.1) is 6.92 Å². The van der Waals surface area contributed by atoms with Crippen molar-refractivity contribution in [3.63, 3.8) is 0 Å². The highest BCUT2D eigenvalue weighted by molar-refractivity contribution is 6.33. The van der Waals surface area contributed by atoms with Gasteiger partial charge in [0.15, 0.2) is 11.0 Å². The van der Waals surface area contributed by atoms with Crippen LogP contribution in [0.5, 0.6) is 0 Å². The molecule has 23 heavy (non-hydrogen) atoms. The lowest BCUT2D eigenvalue weighted by Crippen LogP contribution is -1.91. The molecule has 0 saturated heterocycles. The first-order chi connectivity index (χ1) is 11.2. The Morgan fingerprint density at radius 2 is 1.57 bits per heavy atom. The van der Waals surface area contributed by atoms with Gasteiger partial charge in [0.2, 0.25) is 17.1 Å². The minimum atomic E-state index is 0.264. The van der Waals surface area contributed by atoms with Gasteiger partial charge in [-0.3, -0.25) is 0 Å². The zero-order valence-electron chi connectivity index (χ0n) is 12.3. The number of oxazole rings is 1. The molecular weight excluding hydrogens is 310 g/mol. The van der Waals surface area contributed by atoms with Crippen LogP contribution < -0.4 is 0 Å². The van der Waals surface area contributed by atoms with E-state index in [0.717, 1.165) is 11.1 Å². The molecule has 0 bridgehead atoms. The zero-order valence-corrected chi connectivity index (χ0v) is 13.1. The topological polar surface area (TPSA) is 51.8 Å². The fourth-order valence-corrected chi connectivity index (χ4v) is 2.53. The summed E-state index contributed by atoms with van der Waals surface area (Å²) in [4.78, 5) is 13.3. The summed E-state index contributed by atoms with van der Waals surface area (Å²) in [7, 11) is 0. The molecule has 0 aliphatic carbocycles. The van der Waals surface area contributed by atoms with E-state index in [9.17, 15) is 0 Å². The van der Waals surface area contributed by atoms with Crippen LogP contribution in [0.2, 0.25) is 5.15 Å². The average Bonchev–Trinajstić information content (AvgIpc) is 3.01. The number of hydrogen-bond donors (Lipinski definition) is 0. The van der Waals surface area contributed by atoms with Crippen molar-refractivity contribution >= 4 is 22.8 Å². The lowest BCUT2D eigenvalue weighted by Gasteiger charge is -2.01. The molecule has 2 aromatic heterocycles. The van der Waals surface area contributed by atoms with Crippen molar-refractivity contribution in [2.45, 2.75) is 6.92 Å². The maximum Gasteiger partial charge on any atom is 0.229 e. The van der Waals surface area contributed by atoms with Gasteiger partial charge < -0.3 is 4.42 Å². The fraction of sp³-hybridized carbons (Fsp3) is 0.0556. The maximum absolute atomic E-state index is 6.26. The molecule has 0 saturated carbocycles. The van der Waals surface area contributed by atoms with Crippen LogP contribution in [0.1, 0.15) is 5.56 Å². The van der Waals surface area contributed by atoms with Gasteiger partial charge in [-0.1, -0.05) is 59.6 Å². The predicted octanol–water partition coefficient (Wildman–Crippen LogP) is 4.91. The molecule has 0 aliphatic heterocycles. The van der Waals surface area contributed by atoms with E-state index in [4.69, 9.17) is 16.0 Å². The third kappa shape index (κ3) is 2.58. The number of fused-ring (bicyclic) bond motifs is 1. The molecule has 4 nitrogen and oxygen atoms in total. The Hall–Kier alpha value is -2.72. The Bertz CT molecular complexity index is 979. The molecule has 2 aromatic carbocycles. The Labute approximate surface area is 137 Å². The smallest absolute Gasteiger partial charge is 0.229 e. The normalized spacial score (nSPS) is 11.0. The minimum Gasteiger partial charge on any atom is -0.431 e. The summed E-state index contributed by atoms with van der Waals surface area (Å²) in [5.74, 6) is 1.02. The van der Waals surface area contributed by atoms with Crippen molar-refractivity contribution in [3.05, 3.63) is 65.3 Å². The number of benzene rings is 2. The van der Waals surface area contributed by atoms with Gasteiger partial charge in [-0.15, -0.1) is 0 Å². The van der Waals surface area contributed by atoms with E-state index < -0.39 is 0 Å². The second-order valence-electron chi connectivity index (χ2n) is 5.24. The number of nitrogens with zero attached hydrogens (tertiary/aromatic N) is 3. The molecule has 4 aromatic rings. The highest BCUT2D eigenvalue weighted by Gasteiger charge is 2.15. The van der Waals surface area contributed by atoms with E-state index in [0.29, 0.717) is 22.9 Å². The van der Waals surface area contributed by atoms with E-state index in [-0.39, 0.29) is 5.15 Å². The van der Waals surface area contributed by atoms with Gasteiger partial charge in [-0.25, -0.2) is 9.97 Å². The van der Waals surface area contributed by atoms with Crippen molar-refractivity contribution in [2.75, 3.05) is 0 Å². The van der Waals surface area contributed by atoms with Crippen LogP contribution in [0.25, 0.3) is 34.1 Å². The Morgan fingerprint density at radius 1 is 0.826 bits per heavy atom. The van der Waals surface area contributed by atoms with Crippen LogP contribution in [0.3, 0.4) is 0 Å². The third-order valence-electron chi connectivity index (χ3n) is 3.54. The number of rotatable bonds is 2. The van der Waals surface area contributed by atoms with Crippen molar-refractivity contribution in [2.24, 2.45) is 0 Å². The lowest BCUT2D eigenvalue weighted by molar-refractivity contribution is 0.618. The van der Waals surface area contributed by atoms with E-state index in [1.165, 1.54) is 5.56 Å². The summed E-state index contributed by atoms with van der Waals surface area (Å²) in [5, 5.41) is 0.264. The highest BCUT2D eigenvalue weighted by Crippen LogP contribution is 2.29. The number of hydrogen-bond acceptors (Lipinski definition) is 4. The van der Waals surface area contributed by atoms with E-state index in [1.54, 1.807) is 0 Å². The molecule has 0 spiro atoms. The van der Waals surface area contributed by atoms with Gasteiger partial charge in [0.1, 0.15) is 0 Å². The van der Waals surface area contributed by atoms with Gasteiger partial charge >= 0.3 is 0 Å². The molecule has 0 fully saturated rings. The molecule has 4 rings (SSSR count). The van der Waals surface area contributed by atoms with Crippen LogP contribution in [-0.4, -0.2) is 15.0 Å². The molecule has 0 N–H and O–H groups in total. The standard InChI is InChI=1S/C18H12ClN3O/c1-11-7-9-12(10-8-11)16-20-15(19)14-17(21-16)22-18(23-14)13-5-3-2-4-6-13/h2-10H,1H3. The number of halogens is 1. The summed E-state index contributed by atoms with van der Waals surface area (Å²) in [6.07, 6.45) is 0. The van der Waals surface area contributed by atoms with Crippen molar-refractivity contribution in [1.82, 2.24) is 15.0 Å². The lowest BCUT2D eigenvalue weighted by atomic mass is 10.1. The molecule has 0 unspecified atom stereocenters. The number of aromatic nitrogens is 3. The van der Waals surface area contributed by atoms with Crippen LogP contribution in [-0.2, 0) is 0 Å². The Morgan fingerprint density at radius 3 is 2.30 bits per heavy atom. The van der Waals surface area contributed by atoms with Gasteiger partial charge in [0.05, 0.1) is 0 Å². The molecule has 0 amide bonds. The predicted molar refractivity (Wildman–Crippen MR) is 90.2 cm³/mol. The van der Waals surface area contributed by atoms with Crippen molar-refractivity contribution in [3.8, 4) is 22.8 Å². The summed E-state index contributed by atoms with van der Waals surface area (Å²) in [5.41, 5.74) is 3.80. The first kappa shape index (κ1) is 13.9. The highest BCUT2D eigenvalue weighted by atomic mass is 35.5. The molecule has 112 valence electrons. The van der Waals surface area contributed by atoms with Gasteiger partial charge in [0, 0.05) is 11.1 Å². The quantitative estimate of drug-likeness (QED) is 0.492. The third-order valence-corrected chi connectivity index (χ3v) is 3.80. The van der Waals surface area contributed by atoms with E-state index in [2.05, 4.69) is 15.0 Å². The maximum atomic E-state index is 6.26. The van der Waals surface area contributed by atoms with Gasteiger partial charge in [-0.05, 0) is 19.1 Å². The summed E-state index contributed by atoms with van der Waals surface area (Å²) < 4.78 is 5.73. The average molecular weight is 322 g/mol.